The van der Waals surface area contributed by atoms with E-state index in [1.165, 1.54) is 17.0 Å². The molecule has 0 fully saturated rings. The van der Waals surface area contributed by atoms with Gasteiger partial charge in [0.1, 0.15) is 0 Å². The van der Waals surface area contributed by atoms with Crippen LogP contribution in [0, 0.1) is 0 Å². The molecule has 0 radical (unpaired) electrons. The number of hydrogen-bond donors (Lipinski definition) is 0. The molecule has 1 heterocycles. The van der Waals surface area contributed by atoms with Gasteiger partial charge in [0.2, 0.25) is 18.1 Å². The molecule has 19 heavy (non-hydrogen) atoms. The smallest absolute Gasteiger partial charge is 0.227 e. The van der Waals surface area contributed by atoms with Gasteiger partial charge in [-0.15, -0.1) is 0 Å². The molecule has 0 aliphatic carbocycles. The van der Waals surface area contributed by atoms with Crippen LogP contribution in [0.3, 0.4) is 0 Å². The molecule has 0 amide bonds. The van der Waals surface area contributed by atoms with E-state index in [4.69, 9.17) is 0 Å². The molecule has 0 aliphatic rings. The number of ketones is 2. The fraction of sp³-hybridized carbons (Fsp3) is 0.143. The Labute approximate surface area is 109 Å². The Hall–Kier alpha value is -2.43. The van der Waals surface area contributed by atoms with Crippen molar-refractivity contribution >= 4 is 11.6 Å². The number of carbonyl (C=O) groups is 2. The number of benzene rings is 1. The predicted octanol–water partition coefficient (Wildman–Crippen LogP) is 1.40. The van der Waals surface area contributed by atoms with Crippen LogP contribution < -0.4 is 4.57 Å². The SMILES string of the molecule is O=C(C[n+]1ccnc(C(=O)CF)c1)c1ccccc1. The molecule has 0 aliphatic heterocycles. The summed E-state index contributed by atoms with van der Waals surface area (Å²) >= 11 is 0. The van der Waals surface area contributed by atoms with Crippen LogP contribution in [0.15, 0.2) is 48.9 Å². The highest BCUT2D eigenvalue weighted by molar-refractivity contribution is 5.95. The number of alkyl halides is 1. The van der Waals surface area contributed by atoms with Gasteiger partial charge in [-0.25, -0.2) is 9.37 Å². The molecule has 1 aromatic carbocycles. The summed E-state index contributed by atoms with van der Waals surface area (Å²) in [5.41, 5.74) is 0.607. The Morgan fingerprint density at radius 2 is 1.89 bits per heavy atom. The molecule has 0 saturated carbocycles. The topological polar surface area (TPSA) is 50.9 Å². The van der Waals surface area contributed by atoms with Crippen LogP contribution in [0.25, 0.3) is 0 Å². The Kier molecular flexibility index (Phi) is 4.07. The second-order valence-electron chi connectivity index (χ2n) is 3.96. The van der Waals surface area contributed by atoms with Gasteiger partial charge in [0.25, 0.3) is 0 Å². The summed E-state index contributed by atoms with van der Waals surface area (Å²) in [6.07, 6.45) is 4.32. The van der Waals surface area contributed by atoms with E-state index in [1.54, 1.807) is 30.5 Å². The van der Waals surface area contributed by atoms with Gasteiger partial charge < -0.3 is 0 Å². The molecule has 0 atom stereocenters. The number of hydrogen-bond acceptors (Lipinski definition) is 3. The lowest BCUT2D eigenvalue weighted by Crippen LogP contribution is -2.38. The molecule has 0 unspecified atom stereocenters. The van der Waals surface area contributed by atoms with Crippen molar-refractivity contribution in [2.45, 2.75) is 6.54 Å². The van der Waals surface area contributed by atoms with E-state index in [-0.39, 0.29) is 18.0 Å². The van der Waals surface area contributed by atoms with Crippen LogP contribution in [0.5, 0.6) is 0 Å². The van der Waals surface area contributed by atoms with Crippen molar-refractivity contribution in [2.75, 3.05) is 6.67 Å². The molecule has 0 spiro atoms. The van der Waals surface area contributed by atoms with E-state index >= 15 is 0 Å². The Morgan fingerprint density at radius 1 is 1.16 bits per heavy atom. The van der Waals surface area contributed by atoms with Crippen molar-refractivity contribution in [1.82, 2.24) is 4.98 Å². The van der Waals surface area contributed by atoms with Crippen molar-refractivity contribution < 1.29 is 18.5 Å². The number of aromatic nitrogens is 2. The number of carbonyl (C=O) groups excluding carboxylic acids is 2. The highest BCUT2D eigenvalue weighted by Crippen LogP contribution is 2.00. The molecule has 2 aromatic rings. The van der Waals surface area contributed by atoms with Crippen molar-refractivity contribution in [1.29, 1.82) is 0 Å². The summed E-state index contributed by atoms with van der Waals surface area (Å²) in [6.45, 7) is -1.01. The van der Waals surface area contributed by atoms with Gasteiger partial charge in [-0.3, -0.25) is 9.59 Å². The number of nitrogens with zero attached hydrogens (tertiary/aromatic N) is 2. The van der Waals surface area contributed by atoms with E-state index < -0.39 is 12.5 Å². The minimum absolute atomic E-state index is 0.0193. The zero-order chi connectivity index (χ0) is 13.7. The average Bonchev–Trinajstić information content (AvgIpc) is 2.47. The second-order valence-corrected chi connectivity index (χ2v) is 3.96. The molecule has 0 saturated heterocycles. The summed E-state index contributed by atoms with van der Waals surface area (Å²) in [6, 6.07) is 8.83. The van der Waals surface area contributed by atoms with Crippen LogP contribution >= 0.6 is 0 Å². The first-order valence-electron chi connectivity index (χ1n) is 5.73. The lowest BCUT2D eigenvalue weighted by atomic mass is 10.1. The van der Waals surface area contributed by atoms with Crippen LogP contribution in [0.1, 0.15) is 20.8 Å². The maximum atomic E-state index is 12.3. The monoisotopic (exact) mass is 259 g/mol. The molecule has 4 nitrogen and oxygen atoms in total. The first-order valence-corrected chi connectivity index (χ1v) is 5.73. The number of halogens is 1. The third kappa shape index (κ3) is 3.28. The summed E-state index contributed by atoms with van der Waals surface area (Å²) in [5, 5.41) is 0. The van der Waals surface area contributed by atoms with Gasteiger partial charge in [0, 0.05) is 5.56 Å². The molecular formula is C14H12FN2O2+. The second kappa shape index (κ2) is 5.95. The zero-order valence-electron chi connectivity index (χ0n) is 10.1. The standard InChI is InChI=1S/C14H12FN2O2/c15-8-13(18)12-9-17(7-6-16-12)10-14(19)11-4-2-1-3-5-11/h1-7,9H,8,10H2/q+1. The first kappa shape index (κ1) is 13.0. The van der Waals surface area contributed by atoms with Gasteiger partial charge >= 0.3 is 0 Å². The number of rotatable bonds is 5. The fourth-order valence-electron chi connectivity index (χ4n) is 1.62. The van der Waals surface area contributed by atoms with Gasteiger partial charge in [-0.2, -0.15) is 4.57 Å². The van der Waals surface area contributed by atoms with Crippen LogP contribution in [0.4, 0.5) is 4.39 Å². The zero-order valence-corrected chi connectivity index (χ0v) is 10.1. The summed E-state index contributed by atoms with van der Waals surface area (Å²) in [4.78, 5) is 26.9. The van der Waals surface area contributed by atoms with E-state index in [2.05, 4.69) is 4.98 Å². The summed E-state index contributed by atoms with van der Waals surface area (Å²) in [5.74, 6) is -0.781. The first-order chi connectivity index (χ1) is 9.20. The van der Waals surface area contributed by atoms with Gasteiger partial charge in [-0.1, -0.05) is 30.3 Å². The Balaban J connectivity index is 2.16. The third-order valence-corrected chi connectivity index (χ3v) is 2.59. The van der Waals surface area contributed by atoms with Crippen molar-refractivity contribution in [3.05, 3.63) is 60.2 Å². The quantitative estimate of drug-likeness (QED) is 0.602. The minimum Gasteiger partial charge on any atom is -0.289 e. The molecule has 0 bridgehead atoms. The average molecular weight is 259 g/mol. The van der Waals surface area contributed by atoms with E-state index in [0.717, 1.165) is 0 Å². The van der Waals surface area contributed by atoms with Crippen molar-refractivity contribution in [2.24, 2.45) is 0 Å². The van der Waals surface area contributed by atoms with E-state index in [0.29, 0.717) is 5.56 Å². The van der Waals surface area contributed by atoms with E-state index in [1.807, 2.05) is 6.07 Å². The largest absolute Gasteiger partial charge is 0.289 e. The lowest BCUT2D eigenvalue weighted by Gasteiger charge is -1.99. The molecule has 1 aromatic heterocycles. The molecular weight excluding hydrogens is 247 g/mol. The van der Waals surface area contributed by atoms with E-state index in [9.17, 15) is 14.0 Å². The predicted molar refractivity (Wildman–Crippen MR) is 65.5 cm³/mol. The highest BCUT2D eigenvalue weighted by atomic mass is 19.1. The maximum Gasteiger partial charge on any atom is 0.227 e. The van der Waals surface area contributed by atoms with Gasteiger partial charge in [0.15, 0.2) is 24.8 Å². The maximum absolute atomic E-state index is 12.3. The highest BCUT2D eigenvalue weighted by Gasteiger charge is 2.15. The fourth-order valence-corrected chi connectivity index (χ4v) is 1.62. The Bertz CT molecular complexity index is 599. The van der Waals surface area contributed by atoms with Gasteiger partial charge in [-0.05, 0) is 0 Å². The summed E-state index contributed by atoms with van der Waals surface area (Å²) < 4.78 is 13.8. The molecule has 2 rings (SSSR count). The third-order valence-electron chi connectivity index (χ3n) is 2.59. The molecule has 5 heteroatoms. The van der Waals surface area contributed by atoms with Crippen LogP contribution in [-0.2, 0) is 6.54 Å². The van der Waals surface area contributed by atoms with Crippen LogP contribution in [-0.4, -0.2) is 23.2 Å². The molecule has 0 N–H and O–H groups in total. The van der Waals surface area contributed by atoms with Gasteiger partial charge in [0.05, 0.1) is 6.20 Å². The van der Waals surface area contributed by atoms with Crippen molar-refractivity contribution in [3.8, 4) is 0 Å². The normalized spacial score (nSPS) is 10.2. The summed E-state index contributed by atoms with van der Waals surface area (Å²) in [7, 11) is 0. The Morgan fingerprint density at radius 3 is 2.58 bits per heavy atom. The lowest BCUT2D eigenvalue weighted by molar-refractivity contribution is -0.683. The minimum atomic E-state index is -1.09. The van der Waals surface area contributed by atoms with Crippen molar-refractivity contribution in [3.63, 3.8) is 0 Å². The van der Waals surface area contributed by atoms with Crippen LogP contribution in [0.2, 0.25) is 0 Å². The molecule has 96 valence electrons. The number of Topliss-reactive ketones (excluding diaryl/α,β-unsaturated/α-hetero) is 2.